The summed E-state index contributed by atoms with van der Waals surface area (Å²) in [6, 6.07) is 19.4. The molecule has 0 bridgehead atoms. The molecule has 2 aliphatic heterocycles. The summed E-state index contributed by atoms with van der Waals surface area (Å²) in [6.45, 7) is 9.39. The van der Waals surface area contributed by atoms with E-state index < -0.39 is 15.9 Å². The van der Waals surface area contributed by atoms with Crippen LogP contribution in [0.1, 0.15) is 34.2 Å². The summed E-state index contributed by atoms with van der Waals surface area (Å²) in [5, 5.41) is 9.76. The first-order valence-corrected chi connectivity index (χ1v) is 20.0. The monoisotopic (exact) mass is 775 g/mol. The fourth-order valence-electron chi connectivity index (χ4n) is 6.60. The Morgan fingerprint density at radius 1 is 0.944 bits per heavy atom. The molecule has 14 heteroatoms. The molecule has 0 atom stereocenters. The standard InChI is InChI=1S/C40H46ClN5O7S/c1-29-33(5-3-6-35(29)32-7-8-37-40(21-32)51-17-16-50-37)28-53-39-22-38(52-27-31-19-30(23-42)24-43-25-31)34(20-36(39)41)26-46(15-18-54(47,48)49)10-4-9-45-13-11-44(2)12-14-45/h3,5-8,19-22,24-25H,4,9-18,26-28H2,1-2H3,(H,47,48,49). The lowest BCUT2D eigenvalue weighted by Crippen LogP contribution is -2.45. The second-order valence-electron chi connectivity index (χ2n) is 13.7. The van der Waals surface area contributed by atoms with Crippen LogP contribution in [-0.4, -0.2) is 104 Å². The summed E-state index contributed by atoms with van der Waals surface area (Å²) in [5.74, 6) is 1.97. The van der Waals surface area contributed by atoms with Crippen LogP contribution >= 0.6 is 11.6 Å². The molecule has 0 saturated carbocycles. The molecule has 0 aliphatic carbocycles. The maximum atomic E-state index is 11.8. The van der Waals surface area contributed by atoms with Crippen molar-refractivity contribution < 1.29 is 31.9 Å². The lowest BCUT2D eigenvalue weighted by Gasteiger charge is -2.33. The van der Waals surface area contributed by atoms with E-state index in [0.717, 1.165) is 78.5 Å². The molecule has 54 heavy (non-hydrogen) atoms. The highest BCUT2D eigenvalue weighted by Crippen LogP contribution is 2.38. The van der Waals surface area contributed by atoms with Crippen molar-refractivity contribution in [1.82, 2.24) is 19.7 Å². The van der Waals surface area contributed by atoms with Crippen LogP contribution < -0.4 is 18.9 Å². The van der Waals surface area contributed by atoms with Gasteiger partial charge in [-0.25, -0.2) is 0 Å². The molecule has 1 saturated heterocycles. The van der Waals surface area contributed by atoms with E-state index in [1.54, 1.807) is 24.4 Å². The molecule has 286 valence electrons. The minimum Gasteiger partial charge on any atom is -0.488 e. The lowest BCUT2D eigenvalue weighted by atomic mass is 9.96. The number of aromatic nitrogens is 1. The highest BCUT2D eigenvalue weighted by atomic mass is 35.5. The van der Waals surface area contributed by atoms with Gasteiger partial charge in [0, 0.05) is 68.9 Å². The van der Waals surface area contributed by atoms with Crippen LogP contribution in [0.3, 0.4) is 0 Å². The van der Waals surface area contributed by atoms with Gasteiger partial charge in [-0.3, -0.25) is 14.4 Å². The third-order valence-electron chi connectivity index (χ3n) is 9.72. The maximum absolute atomic E-state index is 11.8. The molecule has 0 unspecified atom stereocenters. The fraction of sp³-hybridized carbons (Fsp3) is 0.400. The fourth-order valence-corrected chi connectivity index (χ4v) is 7.33. The summed E-state index contributed by atoms with van der Waals surface area (Å²) in [6.07, 6.45) is 3.95. The van der Waals surface area contributed by atoms with Crippen molar-refractivity contribution >= 4 is 21.7 Å². The Hall–Kier alpha value is -4.42. The predicted octanol–water partition coefficient (Wildman–Crippen LogP) is 5.84. The molecule has 1 fully saturated rings. The van der Waals surface area contributed by atoms with Gasteiger partial charge in [0.25, 0.3) is 10.1 Å². The zero-order chi connectivity index (χ0) is 38.1. The quantitative estimate of drug-likeness (QED) is 0.137. The molecule has 6 rings (SSSR count). The smallest absolute Gasteiger partial charge is 0.266 e. The number of hydrogen-bond donors (Lipinski definition) is 1. The highest BCUT2D eigenvalue weighted by molar-refractivity contribution is 7.85. The molecule has 1 aromatic heterocycles. The van der Waals surface area contributed by atoms with Gasteiger partial charge in [-0.2, -0.15) is 13.7 Å². The largest absolute Gasteiger partial charge is 0.488 e. The minimum atomic E-state index is -4.18. The lowest BCUT2D eigenvalue weighted by molar-refractivity contribution is 0.145. The second-order valence-corrected chi connectivity index (χ2v) is 15.6. The van der Waals surface area contributed by atoms with Gasteiger partial charge in [0.15, 0.2) is 11.5 Å². The number of nitriles is 1. The number of hydrogen-bond acceptors (Lipinski definition) is 11. The second kappa shape index (κ2) is 18.3. The number of ether oxygens (including phenoxy) is 4. The molecule has 4 aromatic rings. The summed E-state index contributed by atoms with van der Waals surface area (Å²) in [5.41, 5.74) is 5.93. The number of piperazine rings is 1. The van der Waals surface area contributed by atoms with E-state index in [9.17, 15) is 18.2 Å². The Morgan fingerprint density at radius 2 is 1.72 bits per heavy atom. The number of pyridine rings is 1. The first-order chi connectivity index (χ1) is 26.0. The van der Waals surface area contributed by atoms with Crippen LogP contribution in [0.15, 0.2) is 67.0 Å². The first kappa shape index (κ1) is 39.3. The number of fused-ring (bicyclic) bond motifs is 1. The maximum Gasteiger partial charge on any atom is 0.266 e. The van der Waals surface area contributed by atoms with Gasteiger partial charge in [0.1, 0.15) is 44.0 Å². The van der Waals surface area contributed by atoms with E-state index >= 15 is 0 Å². The average molecular weight is 776 g/mol. The molecule has 3 aromatic carbocycles. The Kier molecular flexibility index (Phi) is 13.3. The third-order valence-corrected chi connectivity index (χ3v) is 10.7. The van der Waals surface area contributed by atoms with Crippen molar-refractivity contribution in [2.45, 2.75) is 33.1 Å². The van der Waals surface area contributed by atoms with Crippen LogP contribution in [0.25, 0.3) is 11.1 Å². The van der Waals surface area contributed by atoms with Crippen molar-refractivity contribution in [3.05, 3.63) is 99.8 Å². The van der Waals surface area contributed by atoms with E-state index in [-0.39, 0.29) is 19.8 Å². The topological polar surface area (TPSA) is 138 Å². The van der Waals surface area contributed by atoms with E-state index in [0.29, 0.717) is 54.0 Å². The van der Waals surface area contributed by atoms with Crippen molar-refractivity contribution in [2.24, 2.45) is 0 Å². The van der Waals surface area contributed by atoms with Crippen molar-refractivity contribution in [3.8, 4) is 40.2 Å². The van der Waals surface area contributed by atoms with Crippen LogP contribution in [-0.2, 0) is 29.9 Å². The normalized spacial score (nSPS) is 14.9. The predicted molar refractivity (Wildman–Crippen MR) is 207 cm³/mol. The van der Waals surface area contributed by atoms with Gasteiger partial charge in [-0.05, 0) is 80.0 Å². The molecule has 3 heterocycles. The average Bonchev–Trinajstić information content (AvgIpc) is 3.17. The number of halogens is 1. The van der Waals surface area contributed by atoms with Crippen LogP contribution in [0.5, 0.6) is 23.0 Å². The van der Waals surface area contributed by atoms with Gasteiger partial charge in [-0.15, -0.1) is 0 Å². The summed E-state index contributed by atoms with van der Waals surface area (Å²) < 4.78 is 57.4. The van der Waals surface area contributed by atoms with E-state index in [1.165, 1.54) is 6.20 Å². The zero-order valence-electron chi connectivity index (χ0n) is 30.7. The molecular weight excluding hydrogens is 730 g/mol. The number of rotatable bonds is 16. The van der Waals surface area contributed by atoms with Gasteiger partial charge in [-0.1, -0.05) is 35.9 Å². The Bertz CT molecular complexity index is 2070. The van der Waals surface area contributed by atoms with Crippen molar-refractivity contribution in [3.63, 3.8) is 0 Å². The molecule has 2 aliphatic rings. The zero-order valence-corrected chi connectivity index (χ0v) is 32.2. The molecule has 12 nitrogen and oxygen atoms in total. The minimum absolute atomic E-state index is 0.127. The molecule has 1 N–H and O–H groups in total. The van der Waals surface area contributed by atoms with E-state index in [4.69, 9.17) is 30.5 Å². The number of benzene rings is 3. The van der Waals surface area contributed by atoms with E-state index in [1.807, 2.05) is 35.2 Å². The van der Waals surface area contributed by atoms with Crippen molar-refractivity contribution in [1.29, 1.82) is 5.26 Å². The Labute approximate surface area is 322 Å². The number of nitrogens with zero attached hydrogens (tertiary/aromatic N) is 5. The SMILES string of the molecule is Cc1c(COc2cc(OCc3cncc(C#N)c3)c(CN(CCCN3CCN(C)CC3)CCS(=O)(=O)O)cc2Cl)cccc1-c1ccc2c(c1)OCCO2. The summed E-state index contributed by atoms with van der Waals surface area (Å²) in [7, 11) is -2.06. The summed E-state index contributed by atoms with van der Waals surface area (Å²) >= 11 is 6.89. The van der Waals surface area contributed by atoms with Crippen LogP contribution in [0, 0.1) is 18.3 Å². The third kappa shape index (κ3) is 10.8. The van der Waals surface area contributed by atoms with Crippen LogP contribution in [0.2, 0.25) is 5.02 Å². The number of likely N-dealkylation sites (N-methyl/N-ethyl adjacent to an activating group) is 1. The van der Waals surface area contributed by atoms with Gasteiger partial charge >= 0.3 is 0 Å². The molecule has 0 spiro atoms. The van der Waals surface area contributed by atoms with Gasteiger partial charge < -0.3 is 28.7 Å². The Balaban J connectivity index is 1.22. The van der Waals surface area contributed by atoms with Crippen molar-refractivity contribution in [2.75, 3.05) is 71.8 Å². The molecule has 0 radical (unpaired) electrons. The highest BCUT2D eigenvalue weighted by Gasteiger charge is 2.20. The summed E-state index contributed by atoms with van der Waals surface area (Å²) in [4.78, 5) is 10.9. The van der Waals surface area contributed by atoms with E-state index in [2.05, 4.69) is 40.9 Å². The molecular formula is C40H46ClN5O7S. The first-order valence-electron chi connectivity index (χ1n) is 18.0. The van der Waals surface area contributed by atoms with Gasteiger partial charge in [0.2, 0.25) is 0 Å². The van der Waals surface area contributed by atoms with Crippen LogP contribution in [0.4, 0.5) is 0 Å². The van der Waals surface area contributed by atoms with Gasteiger partial charge in [0.05, 0.1) is 16.3 Å². The molecule has 0 amide bonds. The Morgan fingerprint density at radius 3 is 2.50 bits per heavy atom.